The summed E-state index contributed by atoms with van der Waals surface area (Å²) in [5.41, 5.74) is 2.22. The Morgan fingerprint density at radius 2 is 2.04 bits per heavy atom. The number of halogens is 2. The fourth-order valence-corrected chi connectivity index (χ4v) is 4.15. The molecule has 0 unspecified atom stereocenters. The second-order valence-electron chi connectivity index (χ2n) is 7.34. The lowest BCUT2D eigenvalue weighted by molar-refractivity contribution is -0.127. The van der Waals surface area contributed by atoms with Gasteiger partial charge in [-0.15, -0.1) is 0 Å². The molecule has 0 N–H and O–H groups in total. The van der Waals surface area contributed by atoms with Crippen LogP contribution in [0.2, 0.25) is 5.02 Å². The highest BCUT2D eigenvalue weighted by molar-refractivity contribution is 6.31. The summed E-state index contributed by atoms with van der Waals surface area (Å²) in [4.78, 5) is 19.2. The fourth-order valence-electron chi connectivity index (χ4n) is 3.92. The first-order valence-electron chi connectivity index (χ1n) is 9.74. The second-order valence-corrected chi connectivity index (χ2v) is 7.75. The van der Waals surface area contributed by atoms with Crippen molar-refractivity contribution in [3.8, 4) is 0 Å². The lowest BCUT2D eigenvalue weighted by Gasteiger charge is -2.17. The fraction of sp³-hybridized carbons (Fsp3) is 0.364. The number of aromatic nitrogens is 2. The molecule has 0 aliphatic carbocycles. The van der Waals surface area contributed by atoms with Gasteiger partial charge in [0.1, 0.15) is 11.6 Å². The van der Waals surface area contributed by atoms with Crippen LogP contribution in [0.25, 0.3) is 11.0 Å². The van der Waals surface area contributed by atoms with Crippen molar-refractivity contribution < 1.29 is 9.18 Å². The Labute approximate surface area is 168 Å². The highest BCUT2D eigenvalue weighted by Gasteiger charge is 2.33. The van der Waals surface area contributed by atoms with E-state index in [2.05, 4.69) is 6.92 Å². The van der Waals surface area contributed by atoms with Crippen molar-refractivity contribution in [1.29, 1.82) is 0 Å². The Hall–Kier alpha value is -2.40. The van der Waals surface area contributed by atoms with Crippen LogP contribution in [0, 0.1) is 5.82 Å². The molecule has 3 aromatic rings. The van der Waals surface area contributed by atoms with Crippen LogP contribution in [0.1, 0.15) is 43.5 Å². The number of benzene rings is 2. The van der Waals surface area contributed by atoms with Gasteiger partial charge in [-0.25, -0.2) is 9.37 Å². The van der Waals surface area contributed by atoms with E-state index in [0.29, 0.717) is 30.1 Å². The van der Waals surface area contributed by atoms with Crippen LogP contribution in [-0.4, -0.2) is 33.4 Å². The second kappa shape index (κ2) is 7.92. The van der Waals surface area contributed by atoms with Crippen molar-refractivity contribution in [2.75, 3.05) is 13.1 Å². The Morgan fingerprint density at radius 1 is 1.21 bits per heavy atom. The van der Waals surface area contributed by atoms with Crippen LogP contribution in [0.4, 0.5) is 4.39 Å². The number of nitrogens with zero attached hydrogens (tertiary/aromatic N) is 3. The first kappa shape index (κ1) is 18.9. The molecular formula is C22H23ClFN3O. The van der Waals surface area contributed by atoms with E-state index in [0.717, 1.165) is 36.2 Å². The Balaban J connectivity index is 1.73. The summed E-state index contributed by atoms with van der Waals surface area (Å²) in [7, 11) is 0. The van der Waals surface area contributed by atoms with E-state index in [4.69, 9.17) is 16.6 Å². The van der Waals surface area contributed by atoms with Crippen molar-refractivity contribution in [2.45, 2.75) is 38.6 Å². The summed E-state index contributed by atoms with van der Waals surface area (Å²) in [6.07, 6.45) is 2.50. The first-order chi connectivity index (χ1) is 13.6. The largest absolute Gasteiger partial charge is 0.342 e. The Morgan fingerprint density at radius 3 is 2.82 bits per heavy atom. The van der Waals surface area contributed by atoms with Crippen molar-refractivity contribution >= 4 is 28.5 Å². The van der Waals surface area contributed by atoms with Crippen molar-refractivity contribution in [2.24, 2.45) is 0 Å². The van der Waals surface area contributed by atoms with Gasteiger partial charge in [0.15, 0.2) is 0 Å². The van der Waals surface area contributed by atoms with E-state index < -0.39 is 0 Å². The number of hydrogen-bond acceptors (Lipinski definition) is 2. The van der Waals surface area contributed by atoms with Gasteiger partial charge in [-0.1, -0.05) is 43.1 Å². The van der Waals surface area contributed by atoms with E-state index in [-0.39, 0.29) is 17.6 Å². The van der Waals surface area contributed by atoms with Gasteiger partial charge in [-0.2, -0.15) is 0 Å². The highest BCUT2D eigenvalue weighted by Crippen LogP contribution is 2.32. The molecule has 4 nitrogen and oxygen atoms in total. The summed E-state index contributed by atoms with van der Waals surface area (Å²) >= 11 is 6.28. The molecule has 0 radical (unpaired) electrons. The number of likely N-dealkylation sites (tertiary alicyclic amines) is 1. The number of rotatable bonds is 6. The summed E-state index contributed by atoms with van der Waals surface area (Å²) in [5, 5.41) is 0.399. The quantitative estimate of drug-likeness (QED) is 0.585. The minimum atomic E-state index is -0.330. The van der Waals surface area contributed by atoms with Crippen LogP contribution in [0.3, 0.4) is 0 Å². The number of para-hydroxylation sites is 2. The molecule has 2 heterocycles. The molecule has 146 valence electrons. The van der Waals surface area contributed by atoms with Crippen LogP contribution < -0.4 is 0 Å². The Bertz CT molecular complexity index is 996. The number of carbonyl (C=O) groups is 1. The number of unbranched alkanes of at least 4 members (excludes halogenated alkanes) is 1. The van der Waals surface area contributed by atoms with Crippen molar-refractivity contribution in [3.63, 3.8) is 0 Å². The standard InChI is InChI=1S/C22H23ClFN3O/c1-2-3-11-26-13-15(12-21(26)28)22-25-19-9-4-5-10-20(19)27(22)14-16-17(23)7-6-8-18(16)24/h4-10,15H,2-3,11-14H2,1H3/t15-/m0/s1. The van der Waals surface area contributed by atoms with Gasteiger partial charge >= 0.3 is 0 Å². The molecule has 1 fully saturated rings. The molecule has 1 amide bonds. The zero-order valence-electron chi connectivity index (χ0n) is 15.9. The molecule has 28 heavy (non-hydrogen) atoms. The van der Waals surface area contributed by atoms with Gasteiger partial charge in [-0.3, -0.25) is 4.79 Å². The van der Waals surface area contributed by atoms with Gasteiger partial charge in [0.25, 0.3) is 0 Å². The maximum absolute atomic E-state index is 14.4. The predicted octanol–water partition coefficient (Wildman–Crippen LogP) is 4.99. The molecule has 0 saturated carbocycles. The lowest BCUT2D eigenvalue weighted by Crippen LogP contribution is -2.26. The predicted molar refractivity (Wildman–Crippen MR) is 109 cm³/mol. The summed E-state index contributed by atoms with van der Waals surface area (Å²) < 4.78 is 16.4. The number of imidazole rings is 1. The van der Waals surface area contributed by atoms with Gasteiger partial charge in [-0.05, 0) is 30.7 Å². The first-order valence-corrected chi connectivity index (χ1v) is 10.1. The van der Waals surface area contributed by atoms with Crippen LogP contribution in [0.5, 0.6) is 0 Å². The minimum absolute atomic E-state index is 0.00213. The van der Waals surface area contributed by atoms with E-state index in [1.807, 2.05) is 33.7 Å². The molecule has 1 aliphatic rings. The highest BCUT2D eigenvalue weighted by atomic mass is 35.5. The maximum Gasteiger partial charge on any atom is 0.223 e. The van der Waals surface area contributed by atoms with Gasteiger partial charge < -0.3 is 9.47 Å². The van der Waals surface area contributed by atoms with Gasteiger partial charge in [0.2, 0.25) is 5.91 Å². The summed E-state index contributed by atoms with van der Waals surface area (Å²) in [6.45, 7) is 3.86. The molecule has 2 aromatic carbocycles. The van der Waals surface area contributed by atoms with E-state index in [1.165, 1.54) is 6.07 Å². The van der Waals surface area contributed by atoms with Crippen LogP contribution >= 0.6 is 11.6 Å². The molecule has 1 aromatic heterocycles. The molecule has 6 heteroatoms. The average Bonchev–Trinajstić information content (AvgIpc) is 3.23. The van der Waals surface area contributed by atoms with Gasteiger partial charge in [0.05, 0.1) is 17.6 Å². The monoisotopic (exact) mass is 399 g/mol. The molecule has 0 spiro atoms. The minimum Gasteiger partial charge on any atom is -0.342 e. The number of amides is 1. The number of hydrogen-bond donors (Lipinski definition) is 0. The molecular weight excluding hydrogens is 377 g/mol. The van der Waals surface area contributed by atoms with Crippen molar-refractivity contribution in [1.82, 2.24) is 14.5 Å². The van der Waals surface area contributed by atoms with Gasteiger partial charge in [0, 0.05) is 36.0 Å². The van der Waals surface area contributed by atoms with Crippen molar-refractivity contribution in [3.05, 3.63) is 64.7 Å². The van der Waals surface area contributed by atoms with E-state index in [9.17, 15) is 9.18 Å². The summed E-state index contributed by atoms with van der Waals surface area (Å²) in [5.74, 6) is 0.666. The Kier molecular flexibility index (Phi) is 5.36. The number of carbonyl (C=O) groups excluding carboxylic acids is 1. The van der Waals surface area contributed by atoms with Crippen LogP contribution in [-0.2, 0) is 11.3 Å². The number of fused-ring (bicyclic) bond motifs is 1. The third-order valence-corrected chi connectivity index (χ3v) is 5.78. The molecule has 1 saturated heterocycles. The topological polar surface area (TPSA) is 38.1 Å². The average molecular weight is 400 g/mol. The van der Waals surface area contributed by atoms with E-state index in [1.54, 1.807) is 12.1 Å². The molecule has 0 bridgehead atoms. The maximum atomic E-state index is 14.4. The van der Waals surface area contributed by atoms with Crippen LogP contribution in [0.15, 0.2) is 42.5 Å². The normalized spacial score (nSPS) is 17.0. The smallest absolute Gasteiger partial charge is 0.223 e. The third kappa shape index (κ3) is 3.51. The van der Waals surface area contributed by atoms with E-state index >= 15 is 0 Å². The lowest BCUT2D eigenvalue weighted by atomic mass is 10.1. The SMILES string of the molecule is CCCCN1C[C@@H](c2nc3ccccc3n2Cc2c(F)cccc2Cl)CC1=O. The molecule has 4 rings (SSSR count). The zero-order chi connectivity index (χ0) is 19.7. The zero-order valence-corrected chi connectivity index (χ0v) is 16.6. The summed E-state index contributed by atoms with van der Waals surface area (Å²) in [6, 6.07) is 12.5. The molecule has 1 aliphatic heterocycles. The molecule has 1 atom stereocenters. The third-order valence-electron chi connectivity index (χ3n) is 5.42.